The largest absolute Gasteiger partial charge is 0.344 e. The van der Waals surface area contributed by atoms with Crippen molar-refractivity contribution in [2.45, 2.75) is 19.4 Å². The van der Waals surface area contributed by atoms with E-state index in [1.807, 2.05) is 86.8 Å². The Bertz CT molecular complexity index is 973. The number of rotatable bonds is 9. The minimum absolute atomic E-state index is 0.0783. The van der Waals surface area contributed by atoms with Gasteiger partial charge in [0.1, 0.15) is 0 Å². The van der Waals surface area contributed by atoms with Crippen molar-refractivity contribution in [3.63, 3.8) is 0 Å². The predicted molar refractivity (Wildman–Crippen MR) is 124 cm³/mol. The molecule has 0 saturated carbocycles. The first-order valence-electron chi connectivity index (χ1n) is 10.6. The van der Waals surface area contributed by atoms with Crippen molar-refractivity contribution < 1.29 is 14.5 Å². The van der Waals surface area contributed by atoms with Gasteiger partial charge < -0.3 is 15.5 Å². The monoisotopic (exact) mass is 416 g/mol. The number of nitrogens with one attached hydrogen (secondary N) is 3. The number of hydrogen-bond donors (Lipinski definition) is 3. The molecule has 5 heteroatoms. The molecule has 0 aliphatic heterocycles. The summed E-state index contributed by atoms with van der Waals surface area (Å²) in [5.41, 5.74) is 4.13. The van der Waals surface area contributed by atoms with Crippen molar-refractivity contribution >= 4 is 17.5 Å². The zero-order chi connectivity index (χ0) is 22.1. The molecule has 5 nitrogen and oxygen atoms in total. The maximum atomic E-state index is 12.7. The third-order valence-electron chi connectivity index (χ3n) is 5.08. The Hall–Kier alpha value is -3.44. The van der Waals surface area contributed by atoms with E-state index in [2.05, 4.69) is 22.8 Å². The fraction of sp³-hybridized carbons (Fsp3) is 0.231. The SMILES string of the molecule is Cc1ccc(NC(=O)C[NH+](C)CC(=O)N[C@@H](Cc2ccccc2)c2ccccc2)cc1. The Morgan fingerprint density at radius 3 is 2.03 bits per heavy atom. The molecule has 3 aromatic rings. The average Bonchev–Trinajstić information content (AvgIpc) is 2.76. The minimum atomic E-state index is -0.120. The second kappa shape index (κ2) is 11.1. The molecule has 0 aromatic heterocycles. The van der Waals surface area contributed by atoms with Gasteiger partial charge in [0, 0.05) is 5.69 Å². The summed E-state index contributed by atoms with van der Waals surface area (Å²) in [4.78, 5) is 25.9. The number of benzene rings is 3. The Morgan fingerprint density at radius 1 is 0.806 bits per heavy atom. The second-order valence-electron chi connectivity index (χ2n) is 7.95. The van der Waals surface area contributed by atoms with Gasteiger partial charge in [0.25, 0.3) is 11.8 Å². The van der Waals surface area contributed by atoms with E-state index in [1.54, 1.807) is 0 Å². The predicted octanol–water partition coefficient (Wildman–Crippen LogP) is 2.55. The summed E-state index contributed by atoms with van der Waals surface area (Å²) in [7, 11) is 1.85. The van der Waals surface area contributed by atoms with Crippen molar-refractivity contribution in [1.82, 2.24) is 5.32 Å². The topological polar surface area (TPSA) is 62.6 Å². The van der Waals surface area contributed by atoms with Crippen LogP contribution in [0.1, 0.15) is 22.7 Å². The van der Waals surface area contributed by atoms with Gasteiger partial charge in [0.15, 0.2) is 13.1 Å². The van der Waals surface area contributed by atoms with Crippen LogP contribution in [0, 0.1) is 6.92 Å². The number of carbonyl (C=O) groups excluding carboxylic acids is 2. The van der Waals surface area contributed by atoms with Crippen LogP contribution < -0.4 is 15.5 Å². The summed E-state index contributed by atoms with van der Waals surface area (Å²) in [6.45, 7) is 2.44. The van der Waals surface area contributed by atoms with Gasteiger partial charge in [-0.05, 0) is 36.6 Å². The van der Waals surface area contributed by atoms with Crippen LogP contribution in [0.25, 0.3) is 0 Å². The third kappa shape index (κ3) is 7.39. The summed E-state index contributed by atoms with van der Waals surface area (Å²) < 4.78 is 0. The summed E-state index contributed by atoms with van der Waals surface area (Å²) in [6.07, 6.45) is 0.712. The number of likely N-dealkylation sites (N-methyl/N-ethyl adjacent to an activating group) is 1. The quantitative estimate of drug-likeness (QED) is 0.502. The average molecular weight is 417 g/mol. The zero-order valence-electron chi connectivity index (χ0n) is 18.1. The molecule has 2 amide bonds. The number of hydrogen-bond acceptors (Lipinski definition) is 2. The van der Waals surface area contributed by atoms with Crippen molar-refractivity contribution in [2.75, 3.05) is 25.5 Å². The lowest BCUT2D eigenvalue weighted by atomic mass is 9.99. The molecule has 0 aliphatic rings. The molecule has 0 spiro atoms. The molecule has 3 rings (SSSR count). The molecule has 31 heavy (non-hydrogen) atoms. The highest BCUT2D eigenvalue weighted by Crippen LogP contribution is 2.18. The van der Waals surface area contributed by atoms with Crippen LogP contribution >= 0.6 is 0 Å². The van der Waals surface area contributed by atoms with Gasteiger partial charge in [-0.25, -0.2) is 0 Å². The maximum Gasteiger partial charge on any atom is 0.279 e. The van der Waals surface area contributed by atoms with E-state index in [9.17, 15) is 9.59 Å². The maximum absolute atomic E-state index is 12.7. The molecule has 0 radical (unpaired) electrons. The Balaban J connectivity index is 1.55. The minimum Gasteiger partial charge on any atom is -0.344 e. The zero-order valence-corrected chi connectivity index (χ0v) is 18.1. The first-order chi connectivity index (χ1) is 15.0. The van der Waals surface area contributed by atoms with Crippen LogP contribution in [0.3, 0.4) is 0 Å². The Kier molecular flexibility index (Phi) is 7.96. The fourth-order valence-electron chi connectivity index (χ4n) is 3.49. The van der Waals surface area contributed by atoms with Crippen LogP contribution in [0.15, 0.2) is 84.9 Å². The fourth-order valence-corrected chi connectivity index (χ4v) is 3.49. The molecule has 0 bridgehead atoms. The lowest BCUT2D eigenvalue weighted by Gasteiger charge is -2.21. The highest BCUT2D eigenvalue weighted by molar-refractivity contribution is 5.91. The normalized spacial score (nSPS) is 12.6. The van der Waals surface area contributed by atoms with Gasteiger partial charge in [-0.3, -0.25) is 9.59 Å². The smallest absolute Gasteiger partial charge is 0.279 e. The summed E-state index contributed by atoms with van der Waals surface area (Å²) in [5.74, 6) is -0.191. The number of anilines is 1. The molecule has 0 saturated heterocycles. The molecule has 1 unspecified atom stereocenters. The molecule has 0 heterocycles. The van der Waals surface area contributed by atoms with E-state index in [0.717, 1.165) is 27.3 Å². The highest BCUT2D eigenvalue weighted by Gasteiger charge is 2.19. The van der Waals surface area contributed by atoms with Crippen molar-refractivity contribution in [1.29, 1.82) is 0 Å². The molecule has 0 aliphatic carbocycles. The van der Waals surface area contributed by atoms with E-state index < -0.39 is 0 Å². The summed E-state index contributed by atoms with van der Waals surface area (Å²) in [6, 6.07) is 27.6. The molecular formula is C26H30N3O2+. The van der Waals surface area contributed by atoms with E-state index in [4.69, 9.17) is 0 Å². The first kappa shape index (κ1) is 22.2. The molecular weight excluding hydrogens is 386 g/mol. The van der Waals surface area contributed by atoms with Crippen molar-refractivity contribution in [3.05, 3.63) is 102 Å². The van der Waals surface area contributed by atoms with Crippen molar-refractivity contribution in [3.8, 4) is 0 Å². The van der Waals surface area contributed by atoms with Gasteiger partial charge >= 0.3 is 0 Å². The lowest BCUT2D eigenvalue weighted by molar-refractivity contribution is -0.862. The van der Waals surface area contributed by atoms with Crippen LogP contribution in [-0.2, 0) is 16.0 Å². The van der Waals surface area contributed by atoms with Gasteiger partial charge in [-0.15, -0.1) is 0 Å². The van der Waals surface area contributed by atoms with Gasteiger partial charge in [-0.1, -0.05) is 78.4 Å². The van der Waals surface area contributed by atoms with E-state index in [0.29, 0.717) is 6.42 Å². The van der Waals surface area contributed by atoms with E-state index >= 15 is 0 Å². The number of carbonyl (C=O) groups is 2. The van der Waals surface area contributed by atoms with Crippen LogP contribution in [0.2, 0.25) is 0 Å². The highest BCUT2D eigenvalue weighted by atomic mass is 16.2. The molecule has 160 valence electrons. The summed E-state index contributed by atoms with van der Waals surface area (Å²) >= 11 is 0. The lowest BCUT2D eigenvalue weighted by Crippen LogP contribution is -3.11. The number of amides is 2. The molecule has 3 N–H and O–H groups in total. The van der Waals surface area contributed by atoms with E-state index in [1.165, 1.54) is 0 Å². The second-order valence-corrected chi connectivity index (χ2v) is 7.95. The number of aryl methyl sites for hydroxylation is 1. The standard InChI is InChI=1S/C26H29N3O2/c1-20-13-15-23(16-14-20)27-25(30)18-29(2)19-26(31)28-24(22-11-7-4-8-12-22)17-21-9-5-3-6-10-21/h3-16,24H,17-19H2,1-2H3,(H,27,30)(H,28,31)/p+1/t24-/m0/s1. The number of quaternary nitrogens is 1. The Labute approximate surface area is 184 Å². The molecule has 3 aromatic carbocycles. The van der Waals surface area contributed by atoms with Gasteiger partial charge in [0.2, 0.25) is 0 Å². The van der Waals surface area contributed by atoms with Crippen molar-refractivity contribution in [2.24, 2.45) is 0 Å². The third-order valence-corrected chi connectivity index (χ3v) is 5.08. The molecule has 2 atom stereocenters. The molecule has 0 fully saturated rings. The Morgan fingerprint density at radius 2 is 1.39 bits per heavy atom. The summed E-state index contributed by atoms with van der Waals surface area (Å²) in [5, 5.41) is 6.03. The van der Waals surface area contributed by atoms with Gasteiger partial charge in [-0.2, -0.15) is 0 Å². The van der Waals surface area contributed by atoms with Crippen LogP contribution in [-0.4, -0.2) is 32.0 Å². The van der Waals surface area contributed by atoms with Gasteiger partial charge in [0.05, 0.1) is 13.1 Å². The first-order valence-corrected chi connectivity index (χ1v) is 10.6. The van der Waals surface area contributed by atoms with E-state index in [-0.39, 0.29) is 30.9 Å². The van der Waals surface area contributed by atoms with Crippen LogP contribution in [0.5, 0.6) is 0 Å². The van der Waals surface area contributed by atoms with Crippen LogP contribution in [0.4, 0.5) is 5.69 Å².